The van der Waals surface area contributed by atoms with Gasteiger partial charge in [-0.25, -0.2) is 9.59 Å². The summed E-state index contributed by atoms with van der Waals surface area (Å²) in [5, 5.41) is 8.53. The second kappa shape index (κ2) is 7.62. The van der Waals surface area contributed by atoms with E-state index in [2.05, 4.69) is 4.74 Å². The van der Waals surface area contributed by atoms with Crippen LogP contribution in [0.3, 0.4) is 0 Å². The molecule has 0 spiro atoms. The van der Waals surface area contributed by atoms with Crippen LogP contribution in [0, 0.1) is 0 Å². The molecule has 0 aliphatic heterocycles. The van der Waals surface area contributed by atoms with Crippen LogP contribution in [-0.4, -0.2) is 29.4 Å². The van der Waals surface area contributed by atoms with Gasteiger partial charge in [-0.15, -0.1) is 0 Å². The fourth-order valence-corrected chi connectivity index (χ4v) is 0.879. The van der Waals surface area contributed by atoms with E-state index in [1.165, 1.54) is 6.92 Å². The van der Waals surface area contributed by atoms with E-state index in [4.69, 9.17) is 5.11 Å². The number of unbranched alkanes of at least 4 members (excludes halogenated alkanes) is 1. The van der Waals surface area contributed by atoms with Crippen LogP contribution in [-0.2, 0) is 19.1 Å². The molecule has 0 radical (unpaired) electrons. The first-order valence-corrected chi connectivity index (χ1v) is 5.09. The summed E-state index contributed by atoms with van der Waals surface area (Å²) in [7, 11) is 0. The molecule has 0 unspecified atom stereocenters. The summed E-state index contributed by atoms with van der Waals surface area (Å²) in [5.41, 5.74) is 0.260. The van der Waals surface area contributed by atoms with E-state index >= 15 is 0 Å². The van der Waals surface area contributed by atoms with Gasteiger partial charge in [0.1, 0.15) is 0 Å². The highest BCUT2D eigenvalue weighted by Gasteiger charge is 2.11. The molecule has 0 aromatic heterocycles. The number of carbonyl (C=O) groups is 3. The Morgan fingerprint density at radius 1 is 1.31 bits per heavy atom. The Balaban J connectivity index is 3.70. The van der Waals surface area contributed by atoms with Gasteiger partial charge in [-0.2, -0.15) is 0 Å². The first-order valence-electron chi connectivity index (χ1n) is 5.09. The Labute approximate surface area is 94.1 Å². The number of esters is 1. The van der Waals surface area contributed by atoms with E-state index in [0.717, 1.165) is 0 Å². The van der Waals surface area contributed by atoms with E-state index in [1.54, 1.807) is 13.0 Å². The maximum atomic E-state index is 10.9. The summed E-state index contributed by atoms with van der Waals surface area (Å²) in [6.07, 6.45) is 2.70. The van der Waals surface area contributed by atoms with Crippen LogP contribution >= 0.6 is 0 Å². The van der Waals surface area contributed by atoms with Crippen LogP contribution in [0.2, 0.25) is 0 Å². The van der Waals surface area contributed by atoms with Gasteiger partial charge in [0, 0.05) is 12.0 Å². The number of Topliss-reactive ketones (excluding diaryl/α,β-unsaturated/α-hetero) is 1. The topological polar surface area (TPSA) is 80.7 Å². The lowest BCUT2D eigenvalue weighted by Crippen LogP contribution is -2.16. The van der Waals surface area contributed by atoms with Crippen molar-refractivity contribution < 1.29 is 24.2 Å². The molecule has 5 heteroatoms. The molecule has 0 bridgehead atoms. The fourth-order valence-electron chi connectivity index (χ4n) is 0.879. The largest absolute Gasteiger partial charge is 0.478 e. The third-order valence-electron chi connectivity index (χ3n) is 1.92. The molecule has 0 atom stereocenters. The van der Waals surface area contributed by atoms with Gasteiger partial charge in [-0.3, -0.25) is 4.79 Å². The van der Waals surface area contributed by atoms with Crippen LogP contribution in [0.25, 0.3) is 0 Å². The van der Waals surface area contributed by atoms with Crippen LogP contribution in [0.5, 0.6) is 0 Å². The quantitative estimate of drug-likeness (QED) is 0.307. The third kappa shape index (κ3) is 5.95. The Morgan fingerprint density at radius 3 is 2.44 bits per heavy atom. The van der Waals surface area contributed by atoms with Gasteiger partial charge in [0.15, 0.2) is 0 Å². The Hall–Kier alpha value is -1.65. The lowest BCUT2D eigenvalue weighted by atomic mass is 10.2. The summed E-state index contributed by atoms with van der Waals surface area (Å²) < 4.78 is 4.67. The fraction of sp³-hybridized carbons (Fsp3) is 0.545. The summed E-state index contributed by atoms with van der Waals surface area (Å²) in [5.74, 6) is -2.32. The maximum Gasteiger partial charge on any atom is 0.374 e. The third-order valence-corrected chi connectivity index (χ3v) is 1.92. The number of allylic oxidation sites excluding steroid dienone is 1. The normalized spacial score (nSPS) is 11.0. The van der Waals surface area contributed by atoms with Crippen LogP contribution in [0.4, 0.5) is 0 Å². The number of carboxylic acids is 1. The molecule has 0 aromatic rings. The van der Waals surface area contributed by atoms with Crippen molar-refractivity contribution in [2.75, 3.05) is 6.61 Å². The molecule has 0 saturated carbocycles. The monoisotopic (exact) mass is 228 g/mol. The second-order valence-electron chi connectivity index (χ2n) is 3.25. The standard InChI is InChI=1S/C11H16O5/c1-3-9(12)11(15)16-7-5-4-6-8(2)10(13)14/h6H,3-5,7H2,1-2H3,(H,13,14). The molecule has 0 amide bonds. The van der Waals surface area contributed by atoms with Crippen molar-refractivity contribution in [3.05, 3.63) is 11.6 Å². The molecule has 0 saturated heterocycles. The predicted molar refractivity (Wildman–Crippen MR) is 56.9 cm³/mol. The molecule has 90 valence electrons. The number of aliphatic carboxylic acids is 1. The van der Waals surface area contributed by atoms with Crippen LogP contribution in [0.1, 0.15) is 33.1 Å². The van der Waals surface area contributed by atoms with Crippen molar-refractivity contribution in [1.82, 2.24) is 0 Å². The minimum Gasteiger partial charge on any atom is -0.478 e. The van der Waals surface area contributed by atoms with E-state index in [1.807, 2.05) is 0 Å². The summed E-state index contributed by atoms with van der Waals surface area (Å²) in [6.45, 7) is 3.21. The van der Waals surface area contributed by atoms with E-state index < -0.39 is 17.7 Å². The van der Waals surface area contributed by atoms with Crippen molar-refractivity contribution in [3.63, 3.8) is 0 Å². The van der Waals surface area contributed by atoms with Crippen LogP contribution in [0.15, 0.2) is 11.6 Å². The molecule has 0 rings (SSSR count). The lowest BCUT2D eigenvalue weighted by molar-refractivity contribution is -0.153. The number of carbonyl (C=O) groups excluding carboxylic acids is 2. The highest BCUT2D eigenvalue weighted by atomic mass is 16.5. The van der Waals surface area contributed by atoms with Gasteiger partial charge in [-0.1, -0.05) is 13.0 Å². The van der Waals surface area contributed by atoms with Gasteiger partial charge in [-0.05, 0) is 19.8 Å². The van der Waals surface area contributed by atoms with Crippen molar-refractivity contribution in [1.29, 1.82) is 0 Å². The number of hydrogen-bond donors (Lipinski definition) is 1. The SMILES string of the molecule is CCC(=O)C(=O)OCCCC=C(C)C(=O)O. The first-order chi connectivity index (χ1) is 7.49. The van der Waals surface area contributed by atoms with Crippen molar-refractivity contribution in [3.8, 4) is 0 Å². The average Bonchev–Trinajstić information content (AvgIpc) is 2.26. The van der Waals surface area contributed by atoms with E-state index in [0.29, 0.717) is 12.8 Å². The zero-order chi connectivity index (χ0) is 12.6. The van der Waals surface area contributed by atoms with E-state index in [9.17, 15) is 14.4 Å². The number of carboxylic acid groups (broad SMARTS) is 1. The van der Waals surface area contributed by atoms with E-state index in [-0.39, 0.29) is 18.6 Å². The van der Waals surface area contributed by atoms with Gasteiger partial charge < -0.3 is 9.84 Å². The predicted octanol–water partition coefficient (Wildman–Crippen LogP) is 1.32. The minimum absolute atomic E-state index is 0.133. The Morgan fingerprint density at radius 2 is 1.94 bits per heavy atom. The average molecular weight is 228 g/mol. The van der Waals surface area contributed by atoms with Gasteiger partial charge in [0.25, 0.3) is 0 Å². The molecule has 1 N–H and O–H groups in total. The van der Waals surface area contributed by atoms with Crippen molar-refractivity contribution >= 4 is 17.7 Å². The maximum absolute atomic E-state index is 10.9. The number of ether oxygens (including phenoxy) is 1. The van der Waals surface area contributed by atoms with Gasteiger partial charge in [0.2, 0.25) is 5.78 Å². The molecule has 0 heterocycles. The first kappa shape index (κ1) is 14.3. The Bertz CT molecular complexity index is 303. The summed E-state index contributed by atoms with van der Waals surface area (Å²) in [4.78, 5) is 32.1. The molecular weight excluding hydrogens is 212 g/mol. The lowest BCUT2D eigenvalue weighted by Gasteiger charge is -2.01. The highest BCUT2D eigenvalue weighted by Crippen LogP contribution is 1.99. The molecule has 0 fully saturated rings. The number of rotatable bonds is 7. The second-order valence-corrected chi connectivity index (χ2v) is 3.25. The molecule has 5 nitrogen and oxygen atoms in total. The minimum atomic E-state index is -0.960. The zero-order valence-electron chi connectivity index (χ0n) is 9.49. The molecule has 0 aromatic carbocycles. The van der Waals surface area contributed by atoms with Crippen molar-refractivity contribution in [2.24, 2.45) is 0 Å². The molecular formula is C11H16O5. The van der Waals surface area contributed by atoms with Crippen molar-refractivity contribution in [2.45, 2.75) is 33.1 Å². The number of ketones is 1. The molecule has 0 aliphatic rings. The summed E-state index contributed by atoms with van der Waals surface area (Å²) in [6, 6.07) is 0. The number of hydrogen-bond acceptors (Lipinski definition) is 4. The molecule has 16 heavy (non-hydrogen) atoms. The molecule has 0 aliphatic carbocycles. The van der Waals surface area contributed by atoms with Gasteiger partial charge >= 0.3 is 11.9 Å². The smallest absolute Gasteiger partial charge is 0.374 e. The van der Waals surface area contributed by atoms with Gasteiger partial charge in [0.05, 0.1) is 6.61 Å². The Kier molecular flexibility index (Phi) is 6.83. The zero-order valence-corrected chi connectivity index (χ0v) is 9.49. The summed E-state index contributed by atoms with van der Waals surface area (Å²) >= 11 is 0. The van der Waals surface area contributed by atoms with Crippen LogP contribution < -0.4 is 0 Å². The highest BCUT2D eigenvalue weighted by molar-refractivity contribution is 6.33.